The summed E-state index contributed by atoms with van der Waals surface area (Å²) in [6, 6.07) is 10.5. The highest BCUT2D eigenvalue weighted by molar-refractivity contribution is 7.98. The van der Waals surface area contributed by atoms with Crippen molar-refractivity contribution >= 4 is 40.2 Å². The van der Waals surface area contributed by atoms with Gasteiger partial charge in [0, 0.05) is 22.0 Å². The largest absolute Gasteiger partial charge is 0.493 e. The van der Waals surface area contributed by atoms with Gasteiger partial charge in [0.25, 0.3) is 0 Å². The van der Waals surface area contributed by atoms with Gasteiger partial charge in [-0.1, -0.05) is 0 Å². The Labute approximate surface area is 161 Å². The number of carbonyl (C=O) groups is 1. The molecule has 1 heterocycles. The van der Waals surface area contributed by atoms with E-state index in [1.165, 1.54) is 6.33 Å². The minimum atomic E-state index is -0.535. The van der Waals surface area contributed by atoms with Gasteiger partial charge in [-0.05, 0) is 36.6 Å². The number of fused-ring (bicyclic) bond motifs is 1. The Morgan fingerprint density at radius 3 is 2.26 bits per heavy atom. The number of thioether (sulfide) groups is 1. The monoisotopic (exact) mass is 387 g/mol. The van der Waals surface area contributed by atoms with Gasteiger partial charge in [0.2, 0.25) is 0 Å². The second-order valence-corrected chi connectivity index (χ2v) is 6.08. The minimum absolute atomic E-state index is 0.431. The minimum Gasteiger partial charge on any atom is -0.493 e. The molecular formula is C18H21N5O3S. The number of carbonyl (C=O) groups excluding carboxylic acids is 1. The third-order valence-electron chi connectivity index (χ3n) is 3.53. The summed E-state index contributed by atoms with van der Waals surface area (Å²) in [7, 11) is 3.15. The lowest BCUT2D eigenvalue weighted by Gasteiger charge is -2.08. The van der Waals surface area contributed by atoms with Crippen molar-refractivity contribution in [1.82, 2.24) is 9.97 Å². The number of anilines is 2. The highest BCUT2D eigenvalue weighted by Crippen LogP contribution is 2.32. The number of nitrogens with two attached hydrogens (primary N) is 2. The molecule has 3 rings (SSSR count). The van der Waals surface area contributed by atoms with Crippen molar-refractivity contribution in [3.8, 4) is 11.5 Å². The molecule has 5 N–H and O–H groups in total. The third-order valence-corrected chi connectivity index (χ3v) is 4.27. The van der Waals surface area contributed by atoms with Crippen LogP contribution in [0.1, 0.15) is 0 Å². The molecule has 0 aliphatic rings. The maximum atomic E-state index is 10.4. The lowest BCUT2D eigenvalue weighted by molar-refractivity contribution is 0.259. The van der Waals surface area contributed by atoms with Crippen LogP contribution in [0.2, 0.25) is 0 Å². The van der Waals surface area contributed by atoms with E-state index in [0.717, 1.165) is 21.5 Å². The molecule has 27 heavy (non-hydrogen) atoms. The molecule has 0 fully saturated rings. The van der Waals surface area contributed by atoms with Crippen molar-refractivity contribution in [3.63, 3.8) is 0 Å². The molecule has 1 aromatic heterocycles. The predicted molar refractivity (Wildman–Crippen MR) is 108 cm³/mol. The number of primary amides is 1. The van der Waals surface area contributed by atoms with Gasteiger partial charge in [-0.2, -0.15) is 0 Å². The van der Waals surface area contributed by atoms with Gasteiger partial charge in [-0.25, -0.2) is 14.8 Å². The maximum absolute atomic E-state index is 10.4. The molecule has 0 unspecified atom stereocenters. The molecule has 2 amide bonds. The number of methoxy groups -OCH3 is 2. The number of hydrogen-bond acceptors (Lipinski definition) is 7. The van der Waals surface area contributed by atoms with E-state index in [4.69, 9.17) is 20.9 Å². The Balaban J connectivity index is 0.000000199. The Morgan fingerprint density at radius 1 is 1.07 bits per heavy atom. The first-order valence-electron chi connectivity index (χ1n) is 7.81. The van der Waals surface area contributed by atoms with Crippen LogP contribution >= 0.6 is 11.8 Å². The van der Waals surface area contributed by atoms with E-state index in [2.05, 4.69) is 15.3 Å². The molecule has 0 spiro atoms. The molecule has 2 aromatic carbocycles. The number of nitrogens with zero attached hydrogens (tertiary/aromatic N) is 2. The quantitative estimate of drug-likeness (QED) is 0.587. The Morgan fingerprint density at radius 2 is 1.70 bits per heavy atom. The van der Waals surface area contributed by atoms with E-state index < -0.39 is 6.03 Å². The number of urea groups is 1. The molecule has 0 saturated carbocycles. The summed E-state index contributed by atoms with van der Waals surface area (Å²) < 4.78 is 10.3. The van der Waals surface area contributed by atoms with E-state index in [-0.39, 0.29) is 0 Å². The zero-order chi connectivity index (χ0) is 19.8. The van der Waals surface area contributed by atoms with Crippen molar-refractivity contribution < 1.29 is 14.3 Å². The van der Waals surface area contributed by atoms with Gasteiger partial charge >= 0.3 is 6.03 Å². The van der Waals surface area contributed by atoms with Gasteiger partial charge in [-0.3, -0.25) is 0 Å². The topological polar surface area (TPSA) is 125 Å². The van der Waals surface area contributed by atoms with Crippen molar-refractivity contribution in [1.29, 1.82) is 0 Å². The number of hydrogen-bond donors (Lipinski definition) is 3. The molecule has 0 aliphatic heterocycles. The van der Waals surface area contributed by atoms with E-state index in [9.17, 15) is 4.79 Å². The van der Waals surface area contributed by atoms with Crippen LogP contribution in [0.15, 0.2) is 47.6 Å². The molecule has 8 nitrogen and oxygen atoms in total. The molecular weight excluding hydrogens is 366 g/mol. The molecule has 3 aromatic rings. The normalized spacial score (nSPS) is 9.89. The van der Waals surface area contributed by atoms with Crippen LogP contribution in [0.3, 0.4) is 0 Å². The van der Waals surface area contributed by atoms with Crippen molar-refractivity contribution in [2.75, 3.05) is 31.5 Å². The highest BCUT2D eigenvalue weighted by Gasteiger charge is 2.08. The number of amides is 2. The first-order valence-corrected chi connectivity index (χ1v) is 9.03. The van der Waals surface area contributed by atoms with Crippen LogP contribution in [0, 0.1) is 0 Å². The zero-order valence-corrected chi connectivity index (χ0v) is 16.0. The van der Waals surface area contributed by atoms with Crippen LogP contribution in [0.4, 0.5) is 16.3 Å². The van der Waals surface area contributed by atoms with Crippen molar-refractivity contribution in [2.24, 2.45) is 5.73 Å². The SMILES string of the molecule is COc1cc2ncnc(N)c2cc1OC.CSc1ccc(NC(N)=O)cc1. The number of aromatic nitrogens is 2. The lowest BCUT2D eigenvalue weighted by atomic mass is 10.2. The Hall–Kier alpha value is -3.20. The zero-order valence-electron chi connectivity index (χ0n) is 15.2. The van der Waals surface area contributed by atoms with Gasteiger partial charge in [0.1, 0.15) is 12.1 Å². The average molecular weight is 387 g/mol. The average Bonchev–Trinajstić information content (AvgIpc) is 2.68. The maximum Gasteiger partial charge on any atom is 0.316 e. The van der Waals surface area contributed by atoms with E-state index in [0.29, 0.717) is 17.3 Å². The fraction of sp³-hybridized carbons (Fsp3) is 0.167. The summed E-state index contributed by atoms with van der Waals surface area (Å²) in [6.07, 6.45) is 3.42. The molecule has 0 saturated heterocycles. The summed E-state index contributed by atoms with van der Waals surface area (Å²) in [5.74, 6) is 1.68. The molecule has 9 heteroatoms. The van der Waals surface area contributed by atoms with E-state index >= 15 is 0 Å². The van der Waals surface area contributed by atoms with Crippen molar-refractivity contribution in [2.45, 2.75) is 4.90 Å². The summed E-state index contributed by atoms with van der Waals surface area (Å²) in [5, 5.41) is 3.25. The summed E-state index contributed by atoms with van der Waals surface area (Å²) in [4.78, 5) is 19.6. The van der Waals surface area contributed by atoms with E-state index in [1.807, 2.05) is 30.5 Å². The number of nitrogens with one attached hydrogen (secondary N) is 1. The van der Waals surface area contributed by atoms with E-state index in [1.54, 1.807) is 38.1 Å². The van der Waals surface area contributed by atoms with Crippen LogP contribution < -0.4 is 26.3 Å². The highest BCUT2D eigenvalue weighted by atomic mass is 32.2. The van der Waals surface area contributed by atoms with Crippen LogP contribution in [0.5, 0.6) is 11.5 Å². The molecule has 0 bridgehead atoms. The van der Waals surface area contributed by atoms with Crippen LogP contribution in [-0.2, 0) is 0 Å². The second kappa shape index (κ2) is 9.48. The summed E-state index contributed by atoms with van der Waals surface area (Å²) in [5.41, 5.74) is 12.1. The number of ether oxygens (including phenoxy) is 2. The standard InChI is InChI=1S/C10H11N3O2.C8H10N2OS/c1-14-8-3-6-7(4-9(8)15-2)12-5-13-10(6)11;1-12-7-4-2-6(3-5-7)10-8(9)11/h3-5H,1-2H3,(H2,11,12,13);2-5H,1H3,(H3,9,10,11). The van der Waals surface area contributed by atoms with Crippen molar-refractivity contribution in [3.05, 3.63) is 42.7 Å². The summed E-state index contributed by atoms with van der Waals surface area (Å²) >= 11 is 1.65. The second-order valence-electron chi connectivity index (χ2n) is 5.20. The predicted octanol–water partition coefficient (Wildman–Crippen LogP) is 3.13. The fourth-order valence-electron chi connectivity index (χ4n) is 2.22. The Bertz CT molecular complexity index is 919. The van der Waals surface area contributed by atoms with Crippen LogP contribution in [0.25, 0.3) is 10.9 Å². The molecule has 0 radical (unpaired) electrons. The molecule has 142 valence electrons. The molecule has 0 aliphatic carbocycles. The molecule has 0 atom stereocenters. The number of benzene rings is 2. The van der Waals surface area contributed by atoms with Gasteiger partial charge < -0.3 is 26.3 Å². The Kier molecular flexibility index (Phi) is 7.07. The first kappa shape index (κ1) is 20.1. The number of nitrogen functional groups attached to an aromatic ring is 1. The lowest BCUT2D eigenvalue weighted by Crippen LogP contribution is -2.19. The van der Waals surface area contributed by atoms with Gasteiger partial charge in [0.15, 0.2) is 11.5 Å². The van der Waals surface area contributed by atoms with Gasteiger partial charge in [-0.15, -0.1) is 11.8 Å². The summed E-state index contributed by atoms with van der Waals surface area (Å²) in [6.45, 7) is 0. The first-order chi connectivity index (χ1) is 13.0. The fourth-order valence-corrected chi connectivity index (χ4v) is 2.63. The van der Waals surface area contributed by atoms with Crippen LogP contribution in [-0.4, -0.2) is 36.5 Å². The number of rotatable bonds is 4. The third kappa shape index (κ3) is 5.38. The smallest absolute Gasteiger partial charge is 0.316 e. The van der Waals surface area contributed by atoms with Gasteiger partial charge in [0.05, 0.1) is 19.7 Å².